The zero-order valence-corrected chi connectivity index (χ0v) is 17.3. The number of hydrogen-bond acceptors (Lipinski definition) is 4. The molecule has 0 unspecified atom stereocenters. The predicted octanol–water partition coefficient (Wildman–Crippen LogP) is 4.78. The molecule has 7 heteroatoms. The van der Waals surface area contributed by atoms with Gasteiger partial charge in [-0.2, -0.15) is 5.10 Å². The summed E-state index contributed by atoms with van der Waals surface area (Å²) in [4.78, 5) is 19.2. The fourth-order valence-electron chi connectivity index (χ4n) is 3.63. The molecule has 0 saturated heterocycles. The van der Waals surface area contributed by atoms with Crippen LogP contribution in [0.15, 0.2) is 54.9 Å². The molecule has 0 aliphatic carbocycles. The summed E-state index contributed by atoms with van der Waals surface area (Å²) in [5, 5.41) is 7.61. The first kappa shape index (κ1) is 20.8. The molecule has 4 aromatic rings. The maximum Gasteiger partial charge on any atom is 0.184 e. The Labute approximate surface area is 178 Å². The quantitative estimate of drug-likeness (QED) is 0.437. The van der Waals surface area contributed by atoms with Crippen LogP contribution in [0.3, 0.4) is 0 Å². The van der Waals surface area contributed by atoms with Crippen LogP contribution < -0.4 is 0 Å². The number of nitrogens with zero attached hydrogens (tertiary/aromatic N) is 3. The first-order valence-corrected chi connectivity index (χ1v) is 9.95. The van der Waals surface area contributed by atoms with Gasteiger partial charge in [0.2, 0.25) is 0 Å². The van der Waals surface area contributed by atoms with Gasteiger partial charge in [-0.15, -0.1) is 0 Å². The molecule has 0 bridgehead atoms. The van der Waals surface area contributed by atoms with Crippen molar-refractivity contribution in [3.05, 3.63) is 83.3 Å². The molecule has 2 aromatic heterocycles. The van der Waals surface area contributed by atoms with Gasteiger partial charge in [-0.25, -0.2) is 8.78 Å². The van der Waals surface area contributed by atoms with Crippen LogP contribution in [0.1, 0.15) is 28.0 Å². The van der Waals surface area contributed by atoms with Crippen LogP contribution in [0.5, 0.6) is 0 Å². The Bertz CT molecular complexity index is 1250. The standard InChI is InChI=1S/C24H22F2N4O/c1-30(2)14-16-10-15(12-27-13-16)6-9-22(31)24-19-11-17(7-8-21(19)28-29-24)18-4-3-5-20(25)23(18)26/h3-5,7-8,10-13H,6,9,14H2,1-2H3,(H,28,29). The smallest absolute Gasteiger partial charge is 0.184 e. The van der Waals surface area contributed by atoms with Gasteiger partial charge in [0, 0.05) is 36.3 Å². The second-order valence-corrected chi connectivity index (χ2v) is 7.80. The minimum Gasteiger partial charge on any atom is -0.305 e. The molecule has 31 heavy (non-hydrogen) atoms. The molecule has 0 saturated carbocycles. The van der Waals surface area contributed by atoms with Crippen LogP contribution >= 0.6 is 0 Å². The normalized spacial score (nSPS) is 11.4. The van der Waals surface area contributed by atoms with Crippen molar-refractivity contribution in [3.63, 3.8) is 0 Å². The highest BCUT2D eigenvalue weighted by molar-refractivity contribution is 6.06. The lowest BCUT2D eigenvalue weighted by atomic mass is 10.00. The summed E-state index contributed by atoms with van der Waals surface area (Å²) in [6.45, 7) is 0.776. The van der Waals surface area contributed by atoms with Gasteiger partial charge in [0.25, 0.3) is 0 Å². The molecular weight excluding hydrogens is 398 g/mol. The highest BCUT2D eigenvalue weighted by atomic mass is 19.2. The zero-order chi connectivity index (χ0) is 22.0. The number of nitrogens with one attached hydrogen (secondary N) is 1. The van der Waals surface area contributed by atoms with Crippen molar-refractivity contribution in [2.45, 2.75) is 19.4 Å². The monoisotopic (exact) mass is 420 g/mol. The number of pyridine rings is 1. The number of hydrogen-bond donors (Lipinski definition) is 1. The van der Waals surface area contributed by atoms with E-state index in [1.54, 1.807) is 24.4 Å². The Balaban J connectivity index is 1.57. The van der Waals surface area contributed by atoms with Crippen LogP contribution in [0.4, 0.5) is 8.78 Å². The number of ketones is 1. The number of H-pyrrole nitrogens is 1. The molecule has 5 nitrogen and oxygen atoms in total. The van der Waals surface area contributed by atoms with E-state index in [2.05, 4.69) is 20.1 Å². The first-order valence-electron chi connectivity index (χ1n) is 9.95. The lowest BCUT2D eigenvalue weighted by molar-refractivity contribution is 0.0979. The third-order valence-corrected chi connectivity index (χ3v) is 5.08. The summed E-state index contributed by atoms with van der Waals surface area (Å²) in [7, 11) is 3.98. The van der Waals surface area contributed by atoms with Crippen molar-refractivity contribution in [1.29, 1.82) is 0 Å². The average Bonchev–Trinajstić information content (AvgIpc) is 3.17. The Hall–Kier alpha value is -3.45. The molecule has 4 rings (SSSR count). The Morgan fingerprint density at radius 2 is 1.87 bits per heavy atom. The van der Waals surface area contributed by atoms with E-state index < -0.39 is 11.6 Å². The maximum absolute atomic E-state index is 14.2. The van der Waals surface area contributed by atoms with E-state index in [9.17, 15) is 13.6 Å². The number of carbonyl (C=O) groups excluding carboxylic acids is 1. The summed E-state index contributed by atoms with van der Waals surface area (Å²) >= 11 is 0. The Kier molecular flexibility index (Phi) is 5.86. The maximum atomic E-state index is 14.2. The van der Waals surface area contributed by atoms with Gasteiger partial charge in [0.15, 0.2) is 17.4 Å². The van der Waals surface area contributed by atoms with E-state index in [1.807, 2.05) is 26.4 Å². The fraction of sp³-hybridized carbons (Fsp3) is 0.208. The largest absolute Gasteiger partial charge is 0.305 e. The third-order valence-electron chi connectivity index (χ3n) is 5.08. The molecule has 0 atom stereocenters. The molecule has 0 amide bonds. The van der Waals surface area contributed by atoms with Gasteiger partial charge in [-0.3, -0.25) is 14.9 Å². The number of rotatable bonds is 7. The summed E-state index contributed by atoms with van der Waals surface area (Å²) in [5.41, 5.74) is 3.66. The molecule has 0 spiro atoms. The number of carbonyl (C=O) groups is 1. The van der Waals surface area contributed by atoms with Crippen molar-refractivity contribution in [2.75, 3.05) is 14.1 Å². The molecule has 0 radical (unpaired) electrons. The van der Waals surface area contributed by atoms with Crippen LogP contribution in [-0.2, 0) is 13.0 Å². The topological polar surface area (TPSA) is 61.9 Å². The van der Waals surface area contributed by atoms with Crippen molar-refractivity contribution >= 4 is 16.7 Å². The van der Waals surface area contributed by atoms with Crippen molar-refractivity contribution in [1.82, 2.24) is 20.1 Å². The first-order chi connectivity index (χ1) is 14.9. The second kappa shape index (κ2) is 8.73. The van der Waals surface area contributed by atoms with Crippen LogP contribution in [-0.4, -0.2) is 40.0 Å². The Morgan fingerprint density at radius 1 is 1.06 bits per heavy atom. The van der Waals surface area contributed by atoms with E-state index in [0.717, 1.165) is 23.7 Å². The average molecular weight is 420 g/mol. The molecule has 158 valence electrons. The van der Waals surface area contributed by atoms with Gasteiger partial charge >= 0.3 is 0 Å². The second-order valence-electron chi connectivity index (χ2n) is 7.80. The number of halogens is 2. The number of benzene rings is 2. The molecule has 1 N–H and O–H groups in total. The molecule has 2 heterocycles. The van der Waals surface area contributed by atoms with Crippen LogP contribution in [0.25, 0.3) is 22.0 Å². The molecule has 0 aliphatic rings. The minimum absolute atomic E-state index is 0.124. The van der Waals surface area contributed by atoms with E-state index >= 15 is 0 Å². The summed E-state index contributed by atoms with van der Waals surface area (Å²) in [6, 6.07) is 11.2. The van der Waals surface area contributed by atoms with Gasteiger partial charge in [0.05, 0.1) is 5.52 Å². The van der Waals surface area contributed by atoms with E-state index in [1.165, 1.54) is 12.1 Å². The van der Waals surface area contributed by atoms with Crippen molar-refractivity contribution in [3.8, 4) is 11.1 Å². The number of aromatic nitrogens is 3. The lowest BCUT2D eigenvalue weighted by Crippen LogP contribution is -2.11. The van der Waals surface area contributed by atoms with Crippen molar-refractivity contribution in [2.24, 2.45) is 0 Å². The lowest BCUT2D eigenvalue weighted by Gasteiger charge is -2.10. The van der Waals surface area contributed by atoms with E-state index in [4.69, 9.17) is 0 Å². The van der Waals surface area contributed by atoms with Crippen LogP contribution in [0.2, 0.25) is 0 Å². The van der Waals surface area contributed by atoms with Crippen LogP contribution in [0, 0.1) is 11.6 Å². The Morgan fingerprint density at radius 3 is 2.68 bits per heavy atom. The van der Waals surface area contributed by atoms with Crippen molar-refractivity contribution < 1.29 is 13.6 Å². The number of Topliss-reactive ketones (excluding diaryl/α,β-unsaturated/α-hetero) is 1. The van der Waals surface area contributed by atoms with Gasteiger partial charge in [0.1, 0.15) is 5.69 Å². The third kappa shape index (κ3) is 4.51. The van der Waals surface area contributed by atoms with Gasteiger partial charge in [-0.1, -0.05) is 24.3 Å². The molecule has 0 fully saturated rings. The SMILES string of the molecule is CN(C)Cc1cncc(CCC(=O)c2n[nH]c3ccc(-c4cccc(F)c4F)cc23)c1. The molecule has 0 aliphatic heterocycles. The minimum atomic E-state index is -0.914. The summed E-state index contributed by atoms with van der Waals surface area (Å²) < 4.78 is 27.8. The summed E-state index contributed by atoms with van der Waals surface area (Å²) in [6.07, 6.45) is 4.39. The fourth-order valence-corrected chi connectivity index (χ4v) is 3.63. The molecule has 2 aromatic carbocycles. The summed E-state index contributed by atoms with van der Waals surface area (Å²) in [5.74, 6) is -1.95. The zero-order valence-electron chi connectivity index (χ0n) is 17.3. The number of fused-ring (bicyclic) bond motifs is 1. The van der Waals surface area contributed by atoms with Gasteiger partial charge < -0.3 is 4.90 Å². The van der Waals surface area contributed by atoms with E-state index in [-0.39, 0.29) is 17.8 Å². The predicted molar refractivity (Wildman–Crippen MR) is 116 cm³/mol. The highest BCUT2D eigenvalue weighted by Gasteiger charge is 2.17. The number of aryl methyl sites for hydroxylation is 1. The highest BCUT2D eigenvalue weighted by Crippen LogP contribution is 2.29. The van der Waals surface area contributed by atoms with Gasteiger partial charge in [-0.05, 0) is 55.4 Å². The van der Waals surface area contributed by atoms with E-state index in [0.29, 0.717) is 28.6 Å². The molecular formula is C24H22F2N4O. The number of aromatic amines is 1.